The summed E-state index contributed by atoms with van der Waals surface area (Å²) in [5.74, 6) is 1.68. The lowest BCUT2D eigenvalue weighted by molar-refractivity contribution is -0.122. The molecule has 0 N–H and O–H groups in total. The Hall–Kier alpha value is -1.99. The minimum absolute atomic E-state index is 0.0523. The first-order chi connectivity index (χ1) is 12.5. The summed E-state index contributed by atoms with van der Waals surface area (Å²) >= 11 is 4.64. The molecule has 26 heavy (non-hydrogen) atoms. The van der Waals surface area contributed by atoms with Gasteiger partial charge in [-0.3, -0.25) is 9.69 Å². The maximum atomic E-state index is 12.8. The molecule has 1 aliphatic rings. The Kier molecular flexibility index (Phi) is 5.88. The lowest BCUT2D eigenvalue weighted by atomic mass is 10.2. The minimum Gasteiger partial charge on any atom is -0.497 e. The Morgan fingerprint density at radius 2 is 2.00 bits per heavy atom. The summed E-state index contributed by atoms with van der Waals surface area (Å²) in [4.78, 5) is 19.8. The normalized spacial score (nSPS) is 17.7. The fourth-order valence-electron chi connectivity index (χ4n) is 2.42. The molecule has 7 heteroatoms. The average molecular weight is 435 g/mol. The molecule has 1 aliphatic heterocycles. The van der Waals surface area contributed by atoms with Crippen molar-refractivity contribution in [2.75, 3.05) is 13.7 Å². The third-order valence-corrected chi connectivity index (χ3v) is 5.03. The van der Waals surface area contributed by atoms with Gasteiger partial charge in [-0.25, -0.2) is 4.99 Å². The fraction of sp³-hybridized carbons (Fsp3) is 0.263. The highest BCUT2D eigenvalue weighted by Gasteiger charge is 2.34. The summed E-state index contributed by atoms with van der Waals surface area (Å²) in [5, 5.41) is 0.672. The van der Waals surface area contributed by atoms with Gasteiger partial charge in [0.1, 0.15) is 11.5 Å². The van der Waals surface area contributed by atoms with E-state index in [0.29, 0.717) is 33.0 Å². The van der Waals surface area contributed by atoms with E-state index in [9.17, 15) is 4.79 Å². The van der Waals surface area contributed by atoms with Crippen molar-refractivity contribution in [2.45, 2.75) is 13.8 Å². The minimum atomic E-state index is -0.0523. The average Bonchev–Trinajstić information content (AvgIpc) is 3.14. The largest absolute Gasteiger partial charge is 0.497 e. The number of carbonyl (C=O) groups is 1. The highest BCUT2D eigenvalue weighted by atomic mass is 79.9. The van der Waals surface area contributed by atoms with E-state index in [2.05, 4.69) is 34.8 Å². The summed E-state index contributed by atoms with van der Waals surface area (Å²) in [6.45, 7) is 4.77. The van der Waals surface area contributed by atoms with Crippen LogP contribution in [0, 0.1) is 5.92 Å². The predicted molar refractivity (Wildman–Crippen MR) is 109 cm³/mol. The van der Waals surface area contributed by atoms with Gasteiger partial charge in [0.05, 0.1) is 17.7 Å². The quantitative estimate of drug-likeness (QED) is 0.598. The van der Waals surface area contributed by atoms with E-state index in [0.717, 1.165) is 11.4 Å². The Labute approximate surface area is 165 Å². The number of hydrogen-bond donors (Lipinski definition) is 0. The van der Waals surface area contributed by atoms with Crippen molar-refractivity contribution in [3.05, 3.63) is 51.7 Å². The van der Waals surface area contributed by atoms with Gasteiger partial charge in [-0.15, -0.1) is 0 Å². The summed E-state index contributed by atoms with van der Waals surface area (Å²) in [7, 11) is 1.63. The molecule has 0 saturated carbocycles. The molecule has 0 atom stereocenters. The molecule has 3 rings (SSSR count). The molecular weight excluding hydrogens is 416 g/mol. The zero-order chi connectivity index (χ0) is 18.7. The number of benzene rings is 1. The number of amides is 1. The Balaban J connectivity index is 1.92. The number of thioether (sulfide) groups is 1. The molecule has 2 heterocycles. The van der Waals surface area contributed by atoms with E-state index in [-0.39, 0.29) is 5.91 Å². The first-order valence-corrected chi connectivity index (χ1v) is 9.76. The van der Waals surface area contributed by atoms with Crippen molar-refractivity contribution in [3.8, 4) is 5.75 Å². The van der Waals surface area contributed by atoms with Gasteiger partial charge >= 0.3 is 0 Å². The van der Waals surface area contributed by atoms with E-state index >= 15 is 0 Å². The van der Waals surface area contributed by atoms with Gasteiger partial charge in [0.15, 0.2) is 9.84 Å². The lowest BCUT2D eigenvalue weighted by Crippen LogP contribution is -2.32. The maximum Gasteiger partial charge on any atom is 0.266 e. The fourth-order valence-corrected chi connectivity index (χ4v) is 3.73. The molecule has 0 unspecified atom stereocenters. The van der Waals surface area contributed by atoms with Crippen molar-refractivity contribution >= 4 is 50.5 Å². The van der Waals surface area contributed by atoms with Crippen molar-refractivity contribution in [2.24, 2.45) is 10.9 Å². The van der Waals surface area contributed by atoms with Gasteiger partial charge in [-0.05, 0) is 70.0 Å². The van der Waals surface area contributed by atoms with E-state index < -0.39 is 0 Å². The zero-order valence-corrected chi connectivity index (χ0v) is 17.1. The van der Waals surface area contributed by atoms with Gasteiger partial charge in [0, 0.05) is 12.6 Å². The molecule has 2 aromatic rings. The molecular formula is C19H19BrN2O3S. The van der Waals surface area contributed by atoms with E-state index in [4.69, 9.17) is 9.15 Å². The maximum absolute atomic E-state index is 12.8. The number of halogens is 1. The number of rotatable bonds is 5. The third kappa shape index (κ3) is 4.40. The number of furan rings is 1. The third-order valence-electron chi connectivity index (χ3n) is 3.60. The molecule has 0 aliphatic carbocycles. The van der Waals surface area contributed by atoms with Crippen LogP contribution in [0.5, 0.6) is 5.75 Å². The van der Waals surface area contributed by atoms with Crippen LogP contribution in [0.3, 0.4) is 0 Å². The predicted octanol–water partition coefficient (Wildman–Crippen LogP) is 5.31. The molecule has 1 aromatic carbocycles. The lowest BCUT2D eigenvalue weighted by Gasteiger charge is -2.17. The van der Waals surface area contributed by atoms with E-state index in [1.54, 1.807) is 24.2 Å². The molecule has 5 nitrogen and oxygen atoms in total. The zero-order valence-electron chi connectivity index (χ0n) is 14.7. The van der Waals surface area contributed by atoms with Crippen LogP contribution < -0.4 is 4.74 Å². The molecule has 1 saturated heterocycles. The Bertz CT molecular complexity index is 856. The molecule has 1 fully saturated rings. The van der Waals surface area contributed by atoms with Crippen LogP contribution in [-0.2, 0) is 4.79 Å². The summed E-state index contributed by atoms with van der Waals surface area (Å²) < 4.78 is 11.3. The van der Waals surface area contributed by atoms with Crippen LogP contribution in [0.25, 0.3) is 6.08 Å². The number of hydrogen-bond acceptors (Lipinski definition) is 5. The van der Waals surface area contributed by atoms with Crippen LogP contribution in [0.1, 0.15) is 19.6 Å². The van der Waals surface area contributed by atoms with Crippen LogP contribution in [0.15, 0.2) is 55.4 Å². The number of nitrogens with zero attached hydrogens (tertiary/aromatic N) is 2. The molecule has 0 bridgehead atoms. The van der Waals surface area contributed by atoms with Crippen LogP contribution >= 0.6 is 27.7 Å². The second-order valence-electron chi connectivity index (χ2n) is 6.15. The van der Waals surface area contributed by atoms with Crippen LogP contribution in [0.2, 0.25) is 0 Å². The molecule has 0 spiro atoms. The Morgan fingerprint density at radius 1 is 1.27 bits per heavy atom. The smallest absolute Gasteiger partial charge is 0.266 e. The van der Waals surface area contributed by atoms with E-state index in [1.165, 1.54) is 11.8 Å². The summed E-state index contributed by atoms with van der Waals surface area (Å²) in [6, 6.07) is 11.1. The monoisotopic (exact) mass is 434 g/mol. The molecule has 1 amide bonds. The molecule has 1 aromatic heterocycles. The number of amidine groups is 1. The van der Waals surface area contributed by atoms with Gasteiger partial charge in [-0.2, -0.15) is 0 Å². The second kappa shape index (κ2) is 8.14. The first kappa shape index (κ1) is 18.8. The Morgan fingerprint density at radius 3 is 2.58 bits per heavy atom. The van der Waals surface area contributed by atoms with Crippen LogP contribution in [0.4, 0.5) is 5.69 Å². The number of methoxy groups -OCH3 is 1. The highest BCUT2D eigenvalue weighted by Crippen LogP contribution is 2.35. The van der Waals surface area contributed by atoms with Gasteiger partial charge in [0.25, 0.3) is 5.91 Å². The van der Waals surface area contributed by atoms with Crippen LogP contribution in [-0.4, -0.2) is 29.6 Å². The first-order valence-electron chi connectivity index (χ1n) is 8.15. The van der Waals surface area contributed by atoms with Crippen molar-refractivity contribution in [3.63, 3.8) is 0 Å². The van der Waals surface area contributed by atoms with Gasteiger partial charge in [0.2, 0.25) is 0 Å². The van der Waals surface area contributed by atoms with Crippen molar-refractivity contribution in [1.29, 1.82) is 0 Å². The summed E-state index contributed by atoms with van der Waals surface area (Å²) in [5.41, 5.74) is 0.775. The van der Waals surface area contributed by atoms with Crippen molar-refractivity contribution < 1.29 is 13.9 Å². The van der Waals surface area contributed by atoms with Gasteiger partial charge in [-0.1, -0.05) is 13.8 Å². The van der Waals surface area contributed by atoms with E-state index in [1.807, 2.05) is 30.3 Å². The summed E-state index contributed by atoms with van der Waals surface area (Å²) in [6.07, 6.45) is 1.75. The second-order valence-corrected chi connectivity index (χ2v) is 7.95. The standard InChI is InChI=1S/C19H19BrN2O3S/c1-12(2)11-22-18(23)16(10-15-8-9-17(20)25-15)26-19(22)21-13-4-6-14(24-3)7-5-13/h4-10,12H,11H2,1-3H3/b16-10-,21-19?. The highest BCUT2D eigenvalue weighted by molar-refractivity contribution is 9.10. The number of aliphatic imine (C=N–C) groups is 1. The molecule has 136 valence electrons. The number of ether oxygens (including phenoxy) is 1. The molecule has 0 radical (unpaired) electrons. The SMILES string of the molecule is COc1ccc(N=C2S/C(=C\c3ccc(Br)o3)C(=O)N2CC(C)C)cc1. The number of carbonyl (C=O) groups excluding carboxylic acids is 1. The van der Waals surface area contributed by atoms with Crippen molar-refractivity contribution in [1.82, 2.24) is 4.90 Å². The topological polar surface area (TPSA) is 55.0 Å². The van der Waals surface area contributed by atoms with Gasteiger partial charge < -0.3 is 9.15 Å².